The van der Waals surface area contributed by atoms with E-state index in [0.717, 1.165) is 23.0 Å². The molecular formula is C14H15N3O2. The van der Waals surface area contributed by atoms with E-state index in [-0.39, 0.29) is 6.04 Å². The van der Waals surface area contributed by atoms with Crippen molar-refractivity contribution in [2.24, 2.45) is 0 Å². The molecule has 2 aromatic rings. The number of hydrogen-bond acceptors (Lipinski definition) is 3. The van der Waals surface area contributed by atoms with Crippen LogP contribution in [0.25, 0.3) is 10.9 Å². The Bertz CT molecular complexity index is 614. The van der Waals surface area contributed by atoms with Crippen LogP contribution >= 0.6 is 0 Å². The standard InChI is InChI=1S/C14H15N3O2/c18-14(19)17-6-5-11(9-17)16-12-7-10-3-1-2-4-13(10)15-8-12/h1-4,7-8,11,16H,5-6,9H2,(H,18,19)/t11-/m0/s1. The van der Waals surface area contributed by atoms with Crippen molar-refractivity contribution < 1.29 is 9.90 Å². The molecule has 1 atom stereocenters. The van der Waals surface area contributed by atoms with E-state index in [1.165, 1.54) is 4.90 Å². The second kappa shape index (κ2) is 4.76. The van der Waals surface area contributed by atoms with Gasteiger partial charge in [-0.15, -0.1) is 0 Å². The van der Waals surface area contributed by atoms with E-state index in [1.54, 1.807) is 6.20 Å². The van der Waals surface area contributed by atoms with Crippen molar-refractivity contribution in [2.45, 2.75) is 12.5 Å². The molecule has 1 saturated heterocycles. The molecule has 1 aliphatic heterocycles. The molecule has 1 aromatic heterocycles. The molecule has 0 bridgehead atoms. The largest absolute Gasteiger partial charge is 0.465 e. The minimum absolute atomic E-state index is 0.166. The molecule has 0 saturated carbocycles. The van der Waals surface area contributed by atoms with E-state index < -0.39 is 6.09 Å². The fourth-order valence-electron chi connectivity index (χ4n) is 2.44. The monoisotopic (exact) mass is 257 g/mol. The number of fused-ring (bicyclic) bond motifs is 1. The maximum absolute atomic E-state index is 10.9. The Labute approximate surface area is 110 Å². The van der Waals surface area contributed by atoms with Gasteiger partial charge in [-0.3, -0.25) is 4.98 Å². The van der Waals surface area contributed by atoms with Gasteiger partial charge in [0.2, 0.25) is 0 Å². The first-order valence-corrected chi connectivity index (χ1v) is 6.31. The maximum atomic E-state index is 10.9. The Hall–Kier alpha value is -2.30. The van der Waals surface area contributed by atoms with Crippen LogP contribution < -0.4 is 5.32 Å². The molecule has 5 heteroatoms. The molecule has 0 unspecified atom stereocenters. The number of pyridine rings is 1. The molecule has 1 aromatic carbocycles. The van der Waals surface area contributed by atoms with Crippen molar-refractivity contribution in [1.82, 2.24) is 9.88 Å². The molecule has 19 heavy (non-hydrogen) atoms. The van der Waals surface area contributed by atoms with Crippen LogP contribution in [0.3, 0.4) is 0 Å². The highest BCUT2D eigenvalue weighted by Crippen LogP contribution is 2.19. The first kappa shape index (κ1) is 11.8. The minimum atomic E-state index is -0.846. The molecule has 3 rings (SSSR count). The van der Waals surface area contributed by atoms with Gasteiger partial charge < -0.3 is 15.3 Å². The lowest BCUT2D eigenvalue weighted by Crippen LogP contribution is -2.30. The number of aromatic nitrogens is 1. The molecule has 1 aliphatic rings. The highest BCUT2D eigenvalue weighted by atomic mass is 16.4. The van der Waals surface area contributed by atoms with E-state index >= 15 is 0 Å². The zero-order valence-corrected chi connectivity index (χ0v) is 10.4. The van der Waals surface area contributed by atoms with Gasteiger partial charge in [0.15, 0.2) is 0 Å². The predicted molar refractivity (Wildman–Crippen MR) is 73.4 cm³/mol. The third-order valence-corrected chi connectivity index (χ3v) is 3.42. The Morgan fingerprint density at radius 1 is 1.42 bits per heavy atom. The summed E-state index contributed by atoms with van der Waals surface area (Å²) in [6, 6.07) is 10.1. The summed E-state index contributed by atoms with van der Waals surface area (Å²) < 4.78 is 0. The van der Waals surface area contributed by atoms with Crippen LogP contribution in [0.5, 0.6) is 0 Å². The van der Waals surface area contributed by atoms with E-state index in [2.05, 4.69) is 10.3 Å². The van der Waals surface area contributed by atoms with Gasteiger partial charge in [-0.25, -0.2) is 4.79 Å². The molecule has 5 nitrogen and oxygen atoms in total. The van der Waals surface area contributed by atoms with Crippen LogP contribution in [-0.2, 0) is 0 Å². The van der Waals surface area contributed by atoms with Gasteiger partial charge >= 0.3 is 6.09 Å². The van der Waals surface area contributed by atoms with Gasteiger partial charge in [-0.1, -0.05) is 18.2 Å². The summed E-state index contributed by atoms with van der Waals surface area (Å²) in [4.78, 5) is 16.7. The summed E-state index contributed by atoms with van der Waals surface area (Å²) in [6.07, 6.45) is 1.78. The van der Waals surface area contributed by atoms with Gasteiger partial charge in [0.25, 0.3) is 0 Å². The summed E-state index contributed by atoms with van der Waals surface area (Å²) in [5, 5.41) is 13.4. The van der Waals surface area contributed by atoms with E-state index in [9.17, 15) is 4.79 Å². The number of carboxylic acid groups (broad SMARTS) is 1. The van der Waals surface area contributed by atoms with Crippen LogP contribution in [0.15, 0.2) is 36.5 Å². The van der Waals surface area contributed by atoms with Crippen molar-refractivity contribution >= 4 is 22.7 Å². The molecule has 0 spiro atoms. The number of likely N-dealkylation sites (tertiary alicyclic amines) is 1. The minimum Gasteiger partial charge on any atom is -0.465 e. The van der Waals surface area contributed by atoms with Crippen LogP contribution in [0.2, 0.25) is 0 Å². The van der Waals surface area contributed by atoms with Gasteiger partial charge in [0, 0.05) is 24.5 Å². The lowest BCUT2D eigenvalue weighted by atomic mass is 10.2. The van der Waals surface area contributed by atoms with Crippen molar-refractivity contribution in [3.8, 4) is 0 Å². The van der Waals surface area contributed by atoms with Crippen molar-refractivity contribution in [3.63, 3.8) is 0 Å². The Morgan fingerprint density at radius 3 is 3.05 bits per heavy atom. The van der Waals surface area contributed by atoms with Crippen LogP contribution in [0, 0.1) is 0 Å². The number of amides is 1. The van der Waals surface area contributed by atoms with Crippen molar-refractivity contribution in [2.75, 3.05) is 18.4 Å². The van der Waals surface area contributed by atoms with E-state index in [1.807, 2.05) is 30.3 Å². The van der Waals surface area contributed by atoms with E-state index in [0.29, 0.717) is 13.1 Å². The molecule has 1 amide bonds. The molecule has 98 valence electrons. The van der Waals surface area contributed by atoms with Gasteiger partial charge in [0.1, 0.15) is 0 Å². The lowest BCUT2D eigenvalue weighted by Gasteiger charge is -2.15. The predicted octanol–water partition coefficient (Wildman–Crippen LogP) is 2.40. The Balaban J connectivity index is 1.73. The first-order valence-electron chi connectivity index (χ1n) is 6.31. The van der Waals surface area contributed by atoms with Crippen LogP contribution in [0.4, 0.5) is 10.5 Å². The average molecular weight is 257 g/mol. The highest BCUT2D eigenvalue weighted by Gasteiger charge is 2.25. The molecule has 2 heterocycles. The topological polar surface area (TPSA) is 65.5 Å². The number of nitrogens with one attached hydrogen (secondary N) is 1. The van der Waals surface area contributed by atoms with Gasteiger partial charge in [-0.05, 0) is 18.6 Å². The van der Waals surface area contributed by atoms with E-state index in [4.69, 9.17) is 5.11 Å². The number of benzene rings is 1. The molecule has 1 fully saturated rings. The third-order valence-electron chi connectivity index (χ3n) is 3.42. The van der Waals surface area contributed by atoms with Crippen LogP contribution in [0.1, 0.15) is 6.42 Å². The molecular weight excluding hydrogens is 242 g/mol. The number of hydrogen-bond donors (Lipinski definition) is 2. The molecule has 0 aliphatic carbocycles. The second-order valence-corrected chi connectivity index (χ2v) is 4.78. The van der Waals surface area contributed by atoms with Crippen LogP contribution in [-0.4, -0.2) is 40.2 Å². The van der Waals surface area contributed by atoms with Crippen molar-refractivity contribution in [3.05, 3.63) is 36.5 Å². The summed E-state index contributed by atoms with van der Waals surface area (Å²) in [6.45, 7) is 1.12. The molecule has 0 radical (unpaired) electrons. The number of rotatable bonds is 2. The number of para-hydroxylation sites is 1. The zero-order chi connectivity index (χ0) is 13.2. The first-order chi connectivity index (χ1) is 9.22. The number of carbonyl (C=O) groups is 1. The fourth-order valence-corrected chi connectivity index (χ4v) is 2.44. The summed E-state index contributed by atoms with van der Waals surface area (Å²) in [5.41, 5.74) is 1.91. The summed E-state index contributed by atoms with van der Waals surface area (Å²) in [5.74, 6) is 0. The SMILES string of the molecule is O=C(O)N1CC[C@H](Nc2cnc3ccccc3c2)C1. The Kier molecular flexibility index (Phi) is 2.95. The molecule has 2 N–H and O–H groups in total. The van der Waals surface area contributed by atoms with Gasteiger partial charge in [0.05, 0.1) is 17.4 Å². The summed E-state index contributed by atoms with van der Waals surface area (Å²) >= 11 is 0. The zero-order valence-electron chi connectivity index (χ0n) is 10.4. The summed E-state index contributed by atoms with van der Waals surface area (Å²) in [7, 11) is 0. The maximum Gasteiger partial charge on any atom is 0.407 e. The third kappa shape index (κ3) is 2.45. The highest BCUT2D eigenvalue weighted by molar-refractivity contribution is 5.81. The lowest BCUT2D eigenvalue weighted by molar-refractivity contribution is 0.155. The average Bonchev–Trinajstić information content (AvgIpc) is 2.87. The normalized spacial score (nSPS) is 18.7. The number of anilines is 1. The smallest absolute Gasteiger partial charge is 0.407 e. The Morgan fingerprint density at radius 2 is 2.26 bits per heavy atom. The van der Waals surface area contributed by atoms with Gasteiger partial charge in [-0.2, -0.15) is 0 Å². The number of nitrogens with zero attached hydrogens (tertiary/aromatic N) is 2. The fraction of sp³-hybridized carbons (Fsp3) is 0.286. The quantitative estimate of drug-likeness (QED) is 0.867. The second-order valence-electron chi connectivity index (χ2n) is 4.78. The van der Waals surface area contributed by atoms with Crippen molar-refractivity contribution in [1.29, 1.82) is 0 Å².